The molecule has 0 spiro atoms. The largest absolute Gasteiger partial charge is 0.481 e. The molecule has 0 fully saturated rings. The van der Waals surface area contributed by atoms with Crippen LogP contribution in [0.4, 0.5) is 5.69 Å². The smallest absolute Gasteiger partial charge is 0.339 e. The van der Waals surface area contributed by atoms with E-state index in [0.29, 0.717) is 11.4 Å². The van der Waals surface area contributed by atoms with Crippen LogP contribution in [0.1, 0.15) is 17.3 Å². The number of rotatable bonds is 5. The SMILES string of the molecule is COC(=O)c1cc(NC(=O)[C@H](C)Oc2ccccc2)ccc1Cl. The number of carbonyl (C=O) groups excluding carboxylic acids is 2. The predicted molar refractivity (Wildman–Crippen MR) is 88.0 cm³/mol. The van der Waals surface area contributed by atoms with E-state index in [1.165, 1.54) is 19.2 Å². The van der Waals surface area contributed by atoms with E-state index >= 15 is 0 Å². The topological polar surface area (TPSA) is 64.6 Å². The van der Waals surface area contributed by atoms with Crippen LogP contribution in [0.2, 0.25) is 5.02 Å². The number of methoxy groups -OCH3 is 1. The Hall–Kier alpha value is -2.53. The number of carbonyl (C=O) groups is 2. The van der Waals surface area contributed by atoms with E-state index in [-0.39, 0.29) is 16.5 Å². The molecule has 23 heavy (non-hydrogen) atoms. The second kappa shape index (κ2) is 7.65. The number of nitrogens with one attached hydrogen (secondary N) is 1. The van der Waals surface area contributed by atoms with Crippen molar-refractivity contribution < 1.29 is 19.1 Å². The summed E-state index contributed by atoms with van der Waals surface area (Å²) in [6.07, 6.45) is -0.699. The zero-order chi connectivity index (χ0) is 16.8. The number of anilines is 1. The number of esters is 1. The highest BCUT2D eigenvalue weighted by Gasteiger charge is 2.17. The maximum Gasteiger partial charge on any atom is 0.339 e. The van der Waals surface area contributed by atoms with Crippen LogP contribution in [-0.4, -0.2) is 25.1 Å². The summed E-state index contributed by atoms with van der Waals surface area (Å²) < 4.78 is 10.2. The van der Waals surface area contributed by atoms with Gasteiger partial charge in [-0.1, -0.05) is 29.8 Å². The lowest BCUT2D eigenvalue weighted by molar-refractivity contribution is -0.122. The van der Waals surface area contributed by atoms with Crippen LogP contribution in [0.25, 0.3) is 0 Å². The number of para-hydroxylation sites is 1. The van der Waals surface area contributed by atoms with Gasteiger partial charge >= 0.3 is 5.97 Å². The summed E-state index contributed by atoms with van der Waals surface area (Å²) in [7, 11) is 1.26. The standard InChI is InChI=1S/C17H16ClNO4/c1-11(23-13-6-4-3-5-7-13)16(20)19-12-8-9-15(18)14(10-12)17(21)22-2/h3-11H,1-2H3,(H,19,20)/t11-/m0/s1. The summed E-state index contributed by atoms with van der Waals surface area (Å²) in [6.45, 7) is 1.64. The van der Waals surface area contributed by atoms with Crippen molar-refractivity contribution in [2.75, 3.05) is 12.4 Å². The second-order valence-electron chi connectivity index (χ2n) is 4.75. The van der Waals surface area contributed by atoms with Gasteiger partial charge in [0.25, 0.3) is 5.91 Å². The summed E-state index contributed by atoms with van der Waals surface area (Å²) in [5.74, 6) is -0.312. The van der Waals surface area contributed by atoms with Crippen molar-refractivity contribution in [2.24, 2.45) is 0 Å². The van der Waals surface area contributed by atoms with Gasteiger partial charge in [0.1, 0.15) is 5.75 Å². The van der Waals surface area contributed by atoms with E-state index in [4.69, 9.17) is 16.3 Å². The van der Waals surface area contributed by atoms with Gasteiger partial charge in [-0.15, -0.1) is 0 Å². The molecule has 0 aromatic heterocycles. The highest BCUT2D eigenvalue weighted by atomic mass is 35.5. The van der Waals surface area contributed by atoms with E-state index in [9.17, 15) is 9.59 Å². The van der Waals surface area contributed by atoms with Gasteiger partial charge in [0.15, 0.2) is 6.10 Å². The van der Waals surface area contributed by atoms with Gasteiger partial charge in [0, 0.05) is 5.69 Å². The fourth-order valence-electron chi connectivity index (χ4n) is 1.87. The summed E-state index contributed by atoms with van der Waals surface area (Å²) in [4.78, 5) is 23.8. The average molecular weight is 334 g/mol. The molecule has 0 heterocycles. The molecule has 2 aromatic carbocycles. The van der Waals surface area contributed by atoms with Crippen LogP contribution in [-0.2, 0) is 9.53 Å². The third-order valence-electron chi connectivity index (χ3n) is 3.06. The van der Waals surface area contributed by atoms with Gasteiger partial charge in [0.2, 0.25) is 0 Å². The molecule has 0 saturated carbocycles. The Morgan fingerprint density at radius 2 is 1.83 bits per heavy atom. The fourth-order valence-corrected chi connectivity index (χ4v) is 2.06. The van der Waals surface area contributed by atoms with Crippen LogP contribution in [0, 0.1) is 0 Å². The summed E-state index contributed by atoms with van der Waals surface area (Å²) in [6, 6.07) is 13.6. The molecule has 2 aromatic rings. The normalized spacial score (nSPS) is 11.4. The lowest BCUT2D eigenvalue weighted by Gasteiger charge is -2.15. The predicted octanol–water partition coefficient (Wildman–Crippen LogP) is 3.53. The minimum atomic E-state index is -0.699. The first kappa shape index (κ1) is 16.8. The molecular formula is C17H16ClNO4. The molecule has 0 unspecified atom stereocenters. The number of halogens is 1. The Morgan fingerprint density at radius 3 is 2.48 bits per heavy atom. The van der Waals surface area contributed by atoms with E-state index in [1.807, 2.05) is 18.2 Å². The van der Waals surface area contributed by atoms with Crippen molar-refractivity contribution in [3.05, 3.63) is 59.1 Å². The Labute approximate surface area is 139 Å². The first-order chi connectivity index (χ1) is 11.0. The summed E-state index contributed by atoms with van der Waals surface area (Å²) in [5.41, 5.74) is 0.618. The number of benzene rings is 2. The molecule has 0 aliphatic heterocycles. The molecule has 1 atom stereocenters. The number of amides is 1. The fraction of sp³-hybridized carbons (Fsp3) is 0.176. The molecule has 0 bridgehead atoms. The van der Waals surface area contributed by atoms with Gasteiger partial charge in [0.05, 0.1) is 17.7 Å². The third kappa shape index (κ3) is 4.47. The van der Waals surface area contributed by atoms with E-state index in [2.05, 4.69) is 10.1 Å². The lowest BCUT2D eigenvalue weighted by Crippen LogP contribution is -2.30. The van der Waals surface area contributed by atoms with Crippen molar-refractivity contribution >= 4 is 29.2 Å². The van der Waals surface area contributed by atoms with Gasteiger partial charge < -0.3 is 14.8 Å². The zero-order valence-corrected chi connectivity index (χ0v) is 13.5. The molecule has 1 N–H and O–H groups in total. The second-order valence-corrected chi connectivity index (χ2v) is 5.16. The van der Waals surface area contributed by atoms with Gasteiger partial charge in [-0.25, -0.2) is 4.79 Å². The average Bonchev–Trinajstić information content (AvgIpc) is 2.56. The molecule has 0 radical (unpaired) electrons. The Balaban J connectivity index is 2.06. The molecule has 5 nitrogen and oxygen atoms in total. The summed E-state index contributed by atoms with van der Waals surface area (Å²) >= 11 is 5.94. The van der Waals surface area contributed by atoms with Gasteiger partial charge in [-0.2, -0.15) is 0 Å². The van der Waals surface area contributed by atoms with Crippen molar-refractivity contribution in [3.8, 4) is 5.75 Å². The number of ether oxygens (including phenoxy) is 2. The summed E-state index contributed by atoms with van der Waals surface area (Å²) in [5, 5.41) is 2.93. The first-order valence-corrected chi connectivity index (χ1v) is 7.29. The highest BCUT2D eigenvalue weighted by Crippen LogP contribution is 2.22. The number of hydrogen-bond acceptors (Lipinski definition) is 4. The molecule has 1 amide bonds. The molecule has 0 aliphatic rings. The van der Waals surface area contributed by atoms with Crippen molar-refractivity contribution in [3.63, 3.8) is 0 Å². The van der Waals surface area contributed by atoms with Crippen LogP contribution < -0.4 is 10.1 Å². The maximum atomic E-state index is 12.2. The molecule has 2 rings (SSSR count). The van der Waals surface area contributed by atoms with Crippen LogP contribution in [0.3, 0.4) is 0 Å². The third-order valence-corrected chi connectivity index (χ3v) is 3.39. The van der Waals surface area contributed by atoms with Crippen LogP contribution in [0.15, 0.2) is 48.5 Å². The van der Waals surface area contributed by atoms with Crippen molar-refractivity contribution in [1.82, 2.24) is 0 Å². The molecule has 6 heteroatoms. The molecule has 0 aliphatic carbocycles. The van der Waals surface area contributed by atoms with Crippen molar-refractivity contribution in [2.45, 2.75) is 13.0 Å². The maximum absolute atomic E-state index is 12.2. The Kier molecular flexibility index (Phi) is 5.60. The van der Waals surface area contributed by atoms with Crippen LogP contribution >= 0.6 is 11.6 Å². The Bertz CT molecular complexity index is 703. The number of hydrogen-bond donors (Lipinski definition) is 1. The molecule has 120 valence electrons. The minimum absolute atomic E-state index is 0.184. The molecular weight excluding hydrogens is 318 g/mol. The quantitative estimate of drug-likeness (QED) is 0.850. The highest BCUT2D eigenvalue weighted by molar-refractivity contribution is 6.33. The zero-order valence-electron chi connectivity index (χ0n) is 12.7. The molecule has 0 saturated heterocycles. The lowest BCUT2D eigenvalue weighted by atomic mass is 10.2. The van der Waals surface area contributed by atoms with E-state index in [1.54, 1.807) is 25.1 Å². The Morgan fingerprint density at radius 1 is 1.13 bits per heavy atom. The van der Waals surface area contributed by atoms with E-state index < -0.39 is 12.1 Å². The van der Waals surface area contributed by atoms with Gasteiger partial charge in [-0.05, 0) is 37.3 Å². The first-order valence-electron chi connectivity index (χ1n) is 6.91. The van der Waals surface area contributed by atoms with E-state index in [0.717, 1.165) is 0 Å². The monoisotopic (exact) mass is 333 g/mol. The van der Waals surface area contributed by atoms with Gasteiger partial charge in [-0.3, -0.25) is 4.79 Å². The minimum Gasteiger partial charge on any atom is -0.481 e. The van der Waals surface area contributed by atoms with Crippen LogP contribution in [0.5, 0.6) is 5.75 Å². The van der Waals surface area contributed by atoms with Crippen molar-refractivity contribution in [1.29, 1.82) is 0 Å².